The molecule has 0 radical (unpaired) electrons. The average molecular weight is 385 g/mol. The Morgan fingerprint density at radius 1 is 1.18 bits per heavy atom. The van der Waals surface area contributed by atoms with Gasteiger partial charge in [-0.15, -0.1) is 0 Å². The van der Waals surface area contributed by atoms with Crippen LogP contribution in [0.15, 0.2) is 46.9 Å². The summed E-state index contributed by atoms with van der Waals surface area (Å²) in [6, 6.07) is 12.4. The van der Waals surface area contributed by atoms with Crippen molar-refractivity contribution in [3.8, 4) is 11.5 Å². The Labute approximate surface area is 142 Å². The predicted molar refractivity (Wildman–Crippen MR) is 90.9 cm³/mol. The third-order valence-corrected chi connectivity index (χ3v) is 3.49. The van der Waals surface area contributed by atoms with E-state index in [1.165, 1.54) is 0 Å². The Kier molecular flexibility index (Phi) is 6.10. The van der Waals surface area contributed by atoms with Gasteiger partial charge in [0, 0.05) is 10.2 Å². The molecule has 0 fully saturated rings. The van der Waals surface area contributed by atoms with Gasteiger partial charge in [-0.3, -0.25) is 4.79 Å². The lowest BCUT2D eigenvalue weighted by atomic mass is 10.3. The lowest BCUT2D eigenvalue weighted by molar-refractivity contribution is -0.118. The molecule has 2 aromatic carbocycles. The molecule has 0 saturated carbocycles. The van der Waals surface area contributed by atoms with Crippen molar-refractivity contribution in [2.75, 3.05) is 18.5 Å². The minimum atomic E-state index is -0.261. The molecule has 2 rings (SSSR count). The van der Waals surface area contributed by atoms with Gasteiger partial charge < -0.3 is 14.8 Å². The fourth-order valence-electron chi connectivity index (χ4n) is 1.73. The van der Waals surface area contributed by atoms with Crippen LogP contribution in [0.25, 0.3) is 0 Å². The van der Waals surface area contributed by atoms with Crippen molar-refractivity contribution in [3.05, 3.63) is 52.0 Å². The van der Waals surface area contributed by atoms with E-state index in [1.54, 1.807) is 42.5 Å². The quantitative estimate of drug-likeness (QED) is 0.796. The summed E-state index contributed by atoms with van der Waals surface area (Å²) in [6.45, 7) is 2.41. The number of halogens is 2. The maximum absolute atomic E-state index is 11.9. The highest BCUT2D eigenvalue weighted by Crippen LogP contribution is 2.27. The zero-order valence-corrected chi connectivity index (χ0v) is 14.3. The van der Waals surface area contributed by atoms with Gasteiger partial charge in [0.15, 0.2) is 6.61 Å². The summed E-state index contributed by atoms with van der Waals surface area (Å²) in [6.07, 6.45) is 0. The van der Waals surface area contributed by atoms with Crippen LogP contribution in [-0.4, -0.2) is 19.1 Å². The second-order valence-corrected chi connectivity index (χ2v) is 5.69. The lowest BCUT2D eigenvalue weighted by Crippen LogP contribution is -2.20. The molecule has 0 saturated heterocycles. The van der Waals surface area contributed by atoms with E-state index in [0.717, 1.165) is 10.2 Å². The molecule has 2 aromatic rings. The Morgan fingerprint density at radius 3 is 2.55 bits per heavy atom. The minimum Gasteiger partial charge on any atom is -0.494 e. The first-order valence-electron chi connectivity index (χ1n) is 6.69. The summed E-state index contributed by atoms with van der Waals surface area (Å²) in [5.41, 5.74) is 0.680. The molecule has 0 bridgehead atoms. The van der Waals surface area contributed by atoms with Crippen LogP contribution in [0.2, 0.25) is 5.02 Å². The van der Waals surface area contributed by atoms with E-state index in [0.29, 0.717) is 23.1 Å². The number of nitrogens with one attached hydrogen (secondary N) is 1. The fourth-order valence-corrected chi connectivity index (χ4v) is 2.46. The third-order valence-electron chi connectivity index (χ3n) is 2.70. The van der Waals surface area contributed by atoms with Crippen molar-refractivity contribution in [2.24, 2.45) is 0 Å². The largest absolute Gasteiger partial charge is 0.494 e. The predicted octanol–water partition coefficient (Wildman–Crippen LogP) is 4.52. The number of ether oxygens (including phenoxy) is 2. The topological polar surface area (TPSA) is 47.6 Å². The van der Waals surface area contributed by atoms with E-state index >= 15 is 0 Å². The van der Waals surface area contributed by atoms with Crippen molar-refractivity contribution >= 4 is 39.1 Å². The third kappa shape index (κ3) is 4.93. The van der Waals surface area contributed by atoms with Crippen LogP contribution in [0.4, 0.5) is 5.69 Å². The highest BCUT2D eigenvalue weighted by molar-refractivity contribution is 9.10. The summed E-state index contributed by atoms with van der Waals surface area (Å²) in [4.78, 5) is 11.9. The van der Waals surface area contributed by atoms with Crippen LogP contribution in [0.5, 0.6) is 11.5 Å². The molecule has 1 N–H and O–H groups in total. The second-order valence-electron chi connectivity index (χ2n) is 4.37. The lowest BCUT2D eigenvalue weighted by Gasteiger charge is -2.09. The first kappa shape index (κ1) is 16.6. The van der Waals surface area contributed by atoms with Crippen LogP contribution in [0.1, 0.15) is 6.92 Å². The number of hydrogen-bond acceptors (Lipinski definition) is 3. The van der Waals surface area contributed by atoms with Gasteiger partial charge >= 0.3 is 0 Å². The van der Waals surface area contributed by atoms with Crippen molar-refractivity contribution in [3.63, 3.8) is 0 Å². The summed E-state index contributed by atoms with van der Waals surface area (Å²) in [7, 11) is 0. The Bertz CT molecular complexity index is 646. The molecule has 0 atom stereocenters. The summed E-state index contributed by atoms with van der Waals surface area (Å²) >= 11 is 9.33. The van der Waals surface area contributed by atoms with Crippen LogP contribution in [0, 0.1) is 0 Å². The molecule has 0 aliphatic heterocycles. The molecule has 0 aliphatic rings. The van der Waals surface area contributed by atoms with Gasteiger partial charge in [0.25, 0.3) is 5.91 Å². The Balaban J connectivity index is 1.87. The molecule has 116 valence electrons. The van der Waals surface area contributed by atoms with Gasteiger partial charge in [-0.1, -0.05) is 27.5 Å². The zero-order valence-electron chi connectivity index (χ0n) is 11.9. The molecule has 6 heteroatoms. The minimum absolute atomic E-state index is 0.117. The Hall–Kier alpha value is -1.72. The van der Waals surface area contributed by atoms with Gasteiger partial charge in [-0.25, -0.2) is 0 Å². The van der Waals surface area contributed by atoms with Crippen molar-refractivity contribution < 1.29 is 14.3 Å². The van der Waals surface area contributed by atoms with E-state index in [1.807, 2.05) is 6.92 Å². The summed E-state index contributed by atoms with van der Waals surface area (Å²) < 4.78 is 11.6. The van der Waals surface area contributed by atoms with Gasteiger partial charge in [-0.2, -0.15) is 0 Å². The molecule has 0 heterocycles. The van der Waals surface area contributed by atoms with Gasteiger partial charge in [0.2, 0.25) is 0 Å². The zero-order chi connectivity index (χ0) is 15.9. The standard InChI is InChI=1S/C16H15BrClNO3/c1-2-21-13-6-4-12(5-7-13)19-16(20)10-22-15-8-3-11(17)9-14(15)18/h3-9H,2,10H2,1H3,(H,19,20). The molecule has 0 aromatic heterocycles. The molecular formula is C16H15BrClNO3. The van der Waals surface area contributed by atoms with Crippen LogP contribution in [-0.2, 0) is 4.79 Å². The molecule has 0 unspecified atom stereocenters. The number of amides is 1. The monoisotopic (exact) mass is 383 g/mol. The van der Waals surface area contributed by atoms with Crippen LogP contribution >= 0.6 is 27.5 Å². The highest BCUT2D eigenvalue weighted by Gasteiger charge is 2.07. The van der Waals surface area contributed by atoms with Crippen molar-refractivity contribution in [2.45, 2.75) is 6.92 Å². The Morgan fingerprint density at radius 2 is 1.91 bits per heavy atom. The SMILES string of the molecule is CCOc1ccc(NC(=O)COc2ccc(Br)cc2Cl)cc1. The van der Waals surface area contributed by atoms with Crippen LogP contribution < -0.4 is 14.8 Å². The van der Waals surface area contributed by atoms with Crippen molar-refractivity contribution in [1.82, 2.24) is 0 Å². The summed E-state index contributed by atoms with van der Waals surface area (Å²) in [5.74, 6) is 0.966. The average Bonchev–Trinajstić information content (AvgIpc) is 2.49. The van der Waals surface area contributed by atoms with E-state index in [4.69, 9.17) is 21.1 Å². The van der Waals surface area contributed by atoms with E-state index in [-0.39, 0.29) is 12.5 Å². The molecule has 0 spiro atoms. The number of anilines is 1. The number of benzene rings is 2. The molecule has 0 aliphatic carbocycles. The van der Waals surface area contributed by atoms with E-state index in [9.17, 15) is 4.79 Å². The van der Waals surface area contributed by atoms with Gasteiger partial charge in [-0.05, 0) is 49.4 Å². The fraction of sp³-hybridized carbons (Fsp3) is 0.188. The number of rotatable bonds is 6. The molecule has 22 heavy (non-hydrogen) atoms. The number of carbonyl (C=O) groups excluding carboxylic acids is 1. The number of carbonyl (C=O) groups is 1. The first-order chi connectivity index (χ1) is 10.6. The number of hydrogen-bond donors (Lipinski definition) is 1. The van der Waals surface area contributed by atoms with Crippen LogP contribution in [0.3, 0.4) is 0 Å². The maximum Gasteiger partial charge on any atom is 0.262 e. The summed E-state index contributed by atoms with van der Waals surface area (Å²) in [5, 5.41) is 3.19. The first-order valence-corrected chi connectivity index (χ1v) is 7.86. The van der Waals surface area contributed by atoms with E-state index < -0.39 is 0 Å². The van der Waals surface area contributed by atoms with Crippen molar-refractivity contribution in [1.29, 1.82) is 0 Å². The van der Waals surface area contributed by atoms with E-state index in [2.05, 4.69) is 21.2 Å². The smallest absolute Gasteiger partial charge is 0.262 e. The second kappa shape index (κ2) is 8.06. The molecule has 4 nitrogen and oxygen atoms in total. The normalized spacial score (nSPS) is 10.1. The molecule has 1 amide bonds. The maximum atomic E-state index is 11.9. The van der Waals surface area contributed by atoms with Gasteiger partial charge in [0.1, 0.15) is 11.5 Å². The molecular weight excluding hydrogens is 370 g/mol. The highest BCUT2D eigenvalue weighted by atomic mass is 79.9. The van der Waals surface area contributed by atoms with Gasteiger partial charge in [0.05, 0.1) is 11.6 Å².